The molecule has 0 aliphatic rings. The Bertz CT molecular complexity index is 3130. The summed E-state index contributed by atoms with van der Waals surface area (Å²) in [5.41, 5.74) is 13.3. The van der Waals surface area contributed by atoms with Crippen molar-refractivity contribution in [3.05, 3.63) is 174 Å². The number of fused-ring (bicyclic) bond motifs is 6. The Labute approximate surface area is 359 Å². The minimum atomic E-state index is 0. The van der Waals surface area contributed by atoms with Crippen molar-refractivity contribution >= 4 is 43.6 Å². The van der Waals surface area contributed by atoms with Gasteiger partial charge in [-0.3, -0.25) is 4.68 Å². The van der Waals surface area contributed by atoms with Gasteiger partial charge in [-0.1, -0.05) is 118 Å². The molecule has 0 bridgehead atoms. The zero-order chi connectivity index (χ0) is 39.7. The van der Waals surface area contributed by atoms with Crippen molar-refractivity contribution in [2.45, 2.75) is 53.4 Å². The Hall–Kier alpha value is -6.23. The standard InChI is InChI=1S/C52H43N5O.Pt/c1-32(2)49-48(36-17-8-7-9-18-36)50(33(3)4)57(54-49)38-19-14-20-39(29-38)58-40-25-26-42-41-21-10-11-24-45(41)56(46(42)31-40)47-30-37(27-28-53-47)55-51-34(5)15-12-22-43(51)44-23-13-16-35(6)52(44)55;/h7-28,30,32-33H,1-6H3;/q-2;+2. The van der Waals surface area contributed by atoms with E-state index >= 15 is 0 Å². The van der Waals surface area contributed by atoms with Crippen LogP contribution in [-0.2, 0) is 21.1 Å². The Balaban J connectivity index is 0.00000449. The van der Waals surface area contributed by atoms with E-state index in [9.17, 15) is 0 Å². The first-order valence-electron chi connectivity index (χ1n) is 20.1. The molecule has 10 rings (SSSR count). The third kappa shape index (κ3) is 6.38. The van der Waals surface area contributed by atoms with E-state index < -0.39 is 0 Å². The monoisotopic (exact) mass is 948 g/mol. The van der Waals surface area contributed by atoms with E-state index in [0.29, 0.717) is 11.5 Å². The van der Waals surface area contributed by atoms with Gasteiger partial charge < -0.3 is 13.9 Å². The number of aromatic nitrogens is 5. The summed E-state index contributed by atoms with van der Waals surface area (Å²) in [6.45, 7) is 13.2. The molecule has 0 spiro atoms. The summed E-state index contributed by atoms with van der Waals surface area (Å²) in [6.07, 6.45) is 1.91. The minimum Gasteiger partial charge on any atom is -0.509 e. The molecule has 4 aromatic heterocycles. The Morgan fingerprint density at radius 2 is 1.25 bits per heavy atom. The van der Waals surface area contributed by atoms with Gasteiger partial charge in [0.05, 0.1) is 28.1 Å². The molecule has 6 nitrogen and oxygen atoms in total. The molecule has 292 valence electrons. The SMILES string of the molecule is Cc1cccc2c3cccc(C)c3n(-c3ccnc(-n4c5[c-]c(Oc6[c-]c(-n7nc(C(C)C)c(-c8ccccc8)c7C(C)C)ccc6)ccc5c5ccccc54)c3)c12.[Pt+2]. The van der Waals surface area contributed by atoms with Gasteiger partial charge in [-0.25, -0.2) is 4.98 Å². The normalized spacial score (nSPS) is 11.7. The summed E-state index contributed by atoms with van der Waals surface area (Å²) >= 11 is 0. The number of ether oxygens (including phenoxy) is 1. The molecule has 0 unspecified atom stereocenters. The van der Waals surface area contributed by atoms with Crippen LogP contribution in [-0.4, -0.2) is 23.9 Å². The van der Waals surface area contributed by atoms with E-state index in [1.807, 2.05) is 30.5 Å². The molecular formula is C52H43N5OPt. The van der Waals surface area contributed by atoms with Gasteiger partial charge in [0.2, 0.25) is 0 Å². The fourth-order valence-electron chi connectivity index (χ4n) is 8.77. The smallest absolute Gasteiger partial charge is 0.509 e. The van der Waals surface area contributed by atoms with Gasteiger partial charge in [-0.05, 0) is 65.6 Å². The van der Waals surface area contributed by atoms with Gasteiger partial charge in [0.15, 0.2) is 0 Å². The molecule has 7 heteroatoms. The third-order valence-corrected chi connectivity index (χ3v) is 11.3. The van der Waals surface area contributed by atoms with Gasteiger partial charge in [0.1, 0.15) is 5.82 Å². The third-order valence-electron chi connectivity index (χ3n) is 11.3. The second-order valence-corrected chi connectivity index (χ2v) is 15.8. The maximum Gasteiger partial charge on any atom is 2.00 e. The minimum absolute atomic E-state index is 0. The van der Waals surface area contributed by atoms with Crippen LogP contribution in [0, 0.1) is 26.0 Å². The van der Waals surface area contributed by atoms with Gasteiger partial charge in [0, 0.05) is 45.6 Å². The van der Waals surface area contributed by atoms with E-state index in [-0.39, 0.29) is 32.9 Å². The number of benzene rings is 6. The van der Waals surface area contributed by atoms with Crippen LogP contribution in [0.4, 0.5) is 0 Å². The molecule has 0 amide bonds. The van der Waals surface area contributed by atoms with E-state index in [1.54, 1.807) is 0 Å². The molecule has 0 saturated heterocycles. The van der Waals surface area contributed by atoms with Crippen LogP contribution in [0.2, 0.25) is 0 Å². The largest absolute Gasteiger partial charge is 2.00 e. The summed E-state index contributed by atoms with van der Waals surface area (Å²) < 4.78 is 13.3. The number of hydrogen-bond acceptors (Lipinski definition) is 3. The fourth-order valence-corrected chi connectivity index (χ4v) is 8.77. The molecule has 0 aliphatic heterocycles. The first kappa shape index (κ1) is 38.3. The number of para-hydroxylation sites is 3. The molecule has 0 atom stereocenters. The molecule has 0 saturated carbocycles. The van der Waals surface area contributed by atoms with Crippen LogP contribution >= 0.6 is 0 Å². The van der Waals surface area contributed by atoms with E-state index in [0.717, 1.165) is 50.4 Å². The van der Waals surface area contributed by atoms with Gasteiger partial charge in [-0.2, -0.15) is 17.2 Å². The van der Waals surface area contributed by atoms with Crippen LogP contribution in [0.25, 0.3) is 71.9 Å². The summed E-state index contributed by atoms with van der Waals surface area (Å²) in [5.74, 6) is 2.45. The van der Waals surface area contributed by atoms with E-state index in [2.05, 4.69) is 177 Å². The van der Waals surface area contributed by atoms with Crippen molar-refractivity contribution in [1.29, 1.82) is 0 Å². The summed E-state index contributed by atoms with van der Waals surface area (Å²) in [6, 6.07) is 53.8. The number of pyridine rings is 1. The maximum atomic E-state index is 6.62. The number of aryl methyl sites for hydroxylation is 2. The molecule has 6 aromatic carbocycles. The van der Waals surface area contributed by atoms with Crippen molar-refractivity contribution in [2.24, 2.45) is 0 Å². The quantitative estimate of drug-likeness (QED) is 0.143. The number of nitrogens with zero attached hydrogens (tertiary/aromatic N) is 5. The summed E-state index contributed by atoms with van der Waals surface area (Å²) in [7, 11) is 0. The van der Waals surface area contributed by atoms with Gasteiger partial charge in [-0.15, -0.1) is 35.7 Å². The zero-order valence-corrected chi connectivity index (χ0v) is 36.2. The maximum absolute atomic E-state index is 6.62. The molecule has 59 heavy (non-hydrogen) atoms. The van der Waals surface area contributed by atoms with Crippen LogP contribution in [0.5, 0.6) is 11.5 Å². The zero-order valence-electron chi connectivity index (χ0n) is 33.9. The second kappa shape index (κ2) is 15.2. The van der Waals surface area contributed by atoms with Crippen molar-refractivity contribution in [2.75, 3.05) is 0 Å². The van der Waals surface area contributed by atoms with Crippen molar-refractivity contribution in [1.82, 2.24) is 23.9 Å². The van der Waals surface area contributed by atoms with E-state index in [1.165, 1.54) is 44.1 Å². The average molecular weight is 949 g/mol. The topological polar surface area (TPSA) is 49.8 Å². The molecule has 0 radical (unpaired) electrons. The summed E-state index contributed by atoms with van der Waals surface area (Å²) in [5, 5.41) is 9.90. The molecule has 0 aliphatic carbocycles. The van der Waals surface area contributed by atoms with Crippen LogP contribution in [0.1, 0.15) is 62.0 Å². The molecule has 0 fully saturated rings. The van der Waals surface area contributed by atoms with Crippen LogP contribution in [0.3, 0.4) is 0 Å². The van der Waals surface area contributed by atoms with Crippen LogP contribution < -0.4 is 4.74 Å². The molecule has 10 aromatic rings. The van der Waals surface area contributed by atoms with Gasteiger partial charge in [0.25, 0.3) is 0 Å². The second-order valence-electron chi connectivity index (χ2n) is 15.8. The van der Waals surface area contributed by atoms with Crippen molar-refractivity contribution < 1.29 is 25.8 Å². The number of hydrogen-bond donors (Lipinski definition) is 0. The predicted molar refractivity (Wildman–Crippen MR) is 237 cm³/mol. The van der Waals surface area contributed by atoms with Crippen molar-refractivity contribution in [3.63, 3.8) is 0 Å². The molecule has 4 heterocycles. The average Bonchev–Trinajstić information content (AvgIpc) is 3.91. The first-order chi connectivity index (χ1) is 28.3. The fraction of sp³-hybridized carbons (Fsp3) is 0.154. The van der Waals surface area contributed by atoms with Crippen molar-refractivity contribution in [3.8, 4) is 39.8 Å². The summed E-state index contributed by atoms with van der Waals surface area (Å²) in [4.78, 5) is 4.99. The van der Waals surface area contributed by atoms with E-state index in [4.69, 9.17) is 14.8 Å². The Morgan fingerprint density at radius 1 is 0.593 bits per heavy atom. The predicted octanol–water partition coefficient (Wildman–Crippen LogP) is 13.4. The number of rotatable bonds is 8. The van der Waals surface area contributed by atoms with Crippen LogP contribution in [0.15, 0.2) is 140 Å². The Morgan fingerprint density at radius 3 is 1.97 bits per heavy atom. The molecular weight excluding hydrogens is 906 g/mol. The molecule has 0 N–H and O–H groups in total. The van der Waals surface area contributed by atoms with Gasteiger partial charge >= 0.3 is 21.1 Å². The first-order valence-corrected chi connectivity index (χ1v) is 20.1. The Kier molecular flexibility index (Phi) is 9.85.